The Morgan fingerprint density at radius 3 is 2.18 bits per heavy atom. The zero-order valence-electron chi connectivity index (χ0n) is 12.5. The van der Waals surface area contributed by atoms with E-state index < -0.39 is 0 Å². The third-order valence-corrected chi connectivity index (χ3v) is 3.84. The monoisotopic (exact) mass is 289 g/mol. The van der Waals surface area contributed by atoms with Crippen LogP contribution in [0.25, 0.3) is 22.2 Å². The van der Waals surface area contributed by atoms with Crippen LogP contribution in [0, 0.1) is 0 Å². The summed E-state index contributed by atoms with van der Waals surface area (Å²) in [6.07, 6.45) is 4.90. The van der Waals surface area contributed by atoms with E-state index in [-0.39, 0.29) is 0 Å². The van der Waals surface area contributed by atoms with Crippen LogP contribution in [0.4, 0.5) is 0 Å². The number of hydrogen-bond donors (Lipinski definition) is 2. The van der Waals surface area contributed by atoms with Crippen molar-refractivity contribution in [2.75, 3.05) is 0 Å². The van der Waals surface area contributed by atoms with E-state index in [1.165, 1.54) is 5.39 Å². The lowest BCUT2D eigenvalue weighted by atomic mass is 9.98. The van der Waals surface area contributed by atoms with Crippen molar-refractivity contribution in [3.8, 4) is 17.0 Å². The van der Waals surface area contributed by atoms with Gasteiger partial charge in [0.05, 0.1) is 0 Å². The van der Waals surface area contributed by atoms with Gasteiger partial charge in [0.15, 0.2) is 0 Å². The van der Waals surface area contributed by atoms with E-state index in [0.29, 0.717) is 18.6 Å². The minimum Gasteiger partial charge on any atom is -0.507 e. The van der Waals surface area contributed by atoms with Crippen LogP contribution < -0.4 is 0 Å². The molecule has 0 aliphatic heterocycles. The Hall–Kier alpha value is -2.74. The summed E-state index contributed by atoms with van der Waals surface area (Å²) >= 11 is 0. The van der Waals surface area contributed by atoms with Crippen molar-refractivity contribution in [2.45, 2.75) is 12.8 Å². The molecule has 0 fully saturated rings. The molecule has 1 heterocycles. The fourth-order valence-corrected chi connectivity index (χ4v) is 2.77. The summed E-state index contributed by atoms with van der Waals surface area (Å²) in [5.74, 6) is 0.347. The molecule has 0 spiro atoms. The van der Waals surface area contributed by atoms with Gasteiger partial charge in [-0.15, -0.1) is 13.2 Å². The molecule has 0 saturated heterocycles. The maximum absolute atomic E-state index is 10.4. The standard InChI is InChI=1S/C20H19NO/c1-3-7-15-11-17(12-16(8-4-2)20(15)22)19-13-14-9-5-6-10-18(14)21-19/h3-6,9-13,21-22H,1-2,7-8H2. The van der Waals surface area contributed by atoms with Crippen LogP contribution in [-0.2, 0) is 12.8 Å². The molecule has 2 heteroatoms. The van der Waals surface area contributed by atoms with Crippen LogP contribution >= 0.6 is 0 Å². The molecule has 0 bridgehead atoms. The number of H-pyrrole nitrogens is 1. The first-order valence-corrected chi connectivity index (χ1v) is 7.37. The maximum atomic E-state index is 10.4. The van der Waals surface area contributed by atoms with Gasteiger partial charge in [0.1, 0.15) is 5.75 Å². The molecule has 0 amide bonds. The molecule has 2 nitrogen and oxygen atoms in total. The lowest BCUT2D eigenvalue weighted by molar-refractivity contribution is 0.464. The number of allylic oxidation sites excluding steroid dienone is 2. The highest BCUT2D eigenvalue weighted by Crippen LogP contribution is 2.32. The minimum atomic E-state index is 0.347. The van der Waals surface area contributed by atoms with Crippen molar-refractivity contribution in [3.05, 3.63) is 78.9 Å². The summed E-state index contributed by atoms with van der Waals surface area (Å²) in [6, 6.07) is 14.4. The summed E-state index contributed by atoms with van der Waals surface area (Å²) < 4.78 is 0. The number of para-hydroxylation sites is 1. The second-order valence-corrected chi connectivity index (χ2v) is 5.40. The van der Waals surface area contributed by atoms with Gasteiger partial charge in [0.25, 0.3) is 0 Å². The second-order valence-electron chi connectivity index (χ2n) is 5.40. The van der Waals surface area contributed by atoms with Crippen LogP contribution in [0.5, 0.6) is 5.75 Å². The van der Waals surface area contributed by atoms with Crippen molar-refractivity contribution in [1.29, 1.82) is 0 Å². The van der Waals surface area contributed by atoms with E-state index in [1.807, 2.05) is 36.4 Å². The number of nitrogens with one attached hydrogen (secondary N) is 1. The number of benzene rings is 2. The van der Waals surface area contributed by atoms with E-state index in [1.54, 1.807) is 0 Å². The summed E-state index contributed by atoms with van der Waals surface area (Å²) in [4.78, 5) is 3.44. The number of aromatic nitrogens is 1. The van der Waals surface area contributed by atoms with Crippen LogP contribution in [0.2, 0.25) is 0 Å². The quantitative estimate of drug-likeness (QED) is 0.637. The SMILES string of the molecule is C=CCc1cc(-c2cc3ccccc3[nH]2)cc(CC=C)c1O. The second kappa shape index (κ2) is 5.94. The smallest absolute Gasteiger partial charge is 0.122 e. The molecule has 22 heavy (non-hydrogen) atoms. The highest BCUT2D eigenvalue weighted by Gasteiger charge is 2.11. The third kappa shape index (κ3) is 2.56. The highest BCUT2D eigenvalue weighted by atomic mass is 16.3. The van der Waals surface area contributed by atoms with Crippen molar-refractivity contribution in [3.63, 3.8) is 0 Å². The van der Waals surface area contributed by atoms with Gasteiger partial charge in [-0.25, -0.2) is 0 Å². The lowest BCUT2D eigenvalue weighted by Gasteiger charge is -2.10. The van der Waals surface area contributed by atoms with Gasteiger partial charge in [0.2, 0.25) is 0 Å². The number of hydrogen-bond acceptors (Lipinski definition) is 1. The minimum absolute atomic E-state index is 0.347. The van der Waals surface area contributed by atoms with Gasteiger partial charge in [-0.2, -0.15) is 0 Å². The molecule has 0 saturated carbocycles. The molecule has 0 atom stereocenters. The van der Waals surface area contributed by atoms with Crippen LogP contribution in [0.15, 0.2) is 67.8 Å². The Balaban J connectivity index is 2.16. The van der Waals surface area contributed by atoms with Gasteiger partial charge in [0, 0.05) is 16.6 Å². The van der Waals surface area contributed by atoms with Crippen molar-refractivity contribution < 1.29 is 5.11 Å². The number of phenolic OH excluding ortho intramolecular Hbond substituents is 1. The number of aromatic amines is 1. The van der Waals surface area contributed by atoms with Gasteiger partial charge in [-0.1, -0.05) is 30.4 Å². The summed E-state index contributed by atoms with van der Waals surface area (Å²) in [5.41, 5.74) is 5.02. The van der Waals surface area contributed by atoms with Crippen molar-refractivity contribution in [1.82, 2.24) is 4.98 Å². The molecule has 3 aromatic rings. The first-order valence-electron chi connectivity index (χ1n) is 7.37. The van der Waals surface area contributed by atoms with Gasteiger partial charge in [-0.05, 0) is 53.8 Å². The zero-order chi connectivity index (χ0) is 15.5. The maximum Gasteiger partial charge on any atom is 0.122 e. The van der Waals surface area contributed by atoms with E-state index >= 15 is 0 Å². The van der Waals surface area contributed by atoms with Gasteiger partial charge in [-0.3, -0.25) is 0 Å². The Bertz CT molecular complexity index is 778. The van der Waals surface area contributed by atoms with Crippen LogP contribution in [-0.4, -0.2) is 10.1 Å². The average molecular weight is 289 g/mol. The Kier molecular flexibility index (Phi) is 3.84. The average Bonchev–Trinajstić information content (AvgIpc) is 2.95. The van der Waals surface area contributed by atoms with Crippen LogP contribution in [0.3, 0.4) is 0 Å². The molecule has 1 aromatic heterocycles. The van der Waals surface area contributed by atoms with E-state index in [9.17, 15) is 5.11 Å². The molecule has 0 unspecified atom stereocenters. The van der Waals surface area contributed by atoms with Gasteiger partial charge < -0.3 is 10.1 Å². The Morgan fingerprint density at radius 2 is 1.59 bits per heavy atom. The highest BCUT2D eigenvalue weighted by molar-refractivity contribution is 5.86. The number of aromatic hydroxyl groups is 1. The van der Waals surface area contributed by atoms with Crippen molar-refractivity contribution >= 4 is 10.9 Å². The molecule has 2 N–H and O–H groups in total. The van der Waals surface area contributed by atoms with E-state index in [0.717, 1.165) is 27.9 Å². The molecule has 110 valence electrons. The fraction of sp³-hybridized carbons (Fsp3) is 0.100. The Labute approximate surface area is 130 Å². The van der Waals surface area contributed by atoms with Crippen LogP contribution in [0.1, 0.15) is 11.1 Å². The molecule has 0 aliphatic carbocycles. The molecular formula is C20H19NO. The summed E-state index contributed by atoms with van der Waals surface area (Å²) in [7, 11) is 0. The summed E-state index contributed by atoms with van der Waals surface area (Å²) in [6.45, 7) is 7.54. The predicted octanol–water partition coefficient (Wildman–Crippen LogP) is 5.00. The molecule has 3 rings (SSSR count). The summed E-state index contributed by atoms with van der Waals surface area (Å²) in [5, 5.41) is 11.5. The number of rotatable bonds is 5. The normalized spacial score (nSPS) is 10.7. The van der Waals surface area contributed by atoms with Crippen molar-refractivity contribution in [2.24, 2.45) is 0 Å². The molecule has 2 aromatic carbocycles. The predicted molar refractivity (Wildman–Crippen MR) is 93.2 cm³/mol. The Morgan fingerprint density at radius 1 is 0.955 bits per heavy atom. The first-order chi connectivity index (χ1) is 10.7. The number of phenols is 1. The topological polar surface area (TPSA) is 36.0 Å². The lowest BCUT2D eigenvalue weighted by Crippen LogP contribution is -1.92. The van der Waals surface area contributed by atoms with Gasteiger partial charge >= 0.3 is 0 Å². The van der Waals surface area contributed by atoms with E-state index in [2.05, 4.69) is 36.3 Å². The molecule has 0 radical (unpaired) electrons. The molecule has 0 aliphatic rings. The third-order valence-electron chi connectivity index (χ3n) is 3.84. The molecular weight excluding hydrogens is 270 g/mol. The number of fused-ring (bicyclic) bond motifs is 1. The largest absolute Gasteiger partial charge is 0.507 e. The van der Waals surface area contributed by atoms with E-state index in [4.69, 9.17) is 0 Å². The zero-order valence-corrected chi connectivity index (χ0v) is 12.5. The fourth-order valence-electron chi connectivity index (χ4n) is 2.77. The first kappa shape index (κ1) is 14.2.